The molecule has 0 saturated heterocycles. The maximum Gasteiger partial charge on any atom is 0.143 e. The summed E-state index contributed by atoms with van der Waals surface area (Å²) in [6, 6.07) is 2.53. The number of hydrogen-bond donors (Lipinski definition) is 2. The van der Waals surface area contributed by atoms with Gasteiger partial charge in [-0.1, -0.05) is 0 Å². The minimum atomic E-state index is -0.306. The van der Waals surface area contributed by atoms with E-state index < -0.39 is 0 Å². The maximum atomic E-state index is 13.1. The highest BCUT2D eigenvalue weighted by Gasteiger charge is 2.20. The van der Waals surface area contributed by atoms with Crippen LogP contribution < -0.4 is 10.6 Å². The Bertz CT molecular complexity index is 378. The standard InChI is InChI=1S/C12H17BrFN3/c1-15-9-2-4-10(5-3-9)17-11-6-8(14)7-16-12(11)13/h6-7,9-10,15,17H,2-5H2,1H3. The average molecular weight is 302 g/mol. The van der Waals surface area contributed by atoms with Gasteiger partial charge in [0.2, 0.25) is 0 Å². The van der Waals surface area contributed by atoms with Gasteiger partial charge in [-0.15, -0.1) is 0 Å². The molecule has 1 aromatic rings. The van der Waals surface area contributed by atoms with Crippen LogP contribution in [0.15, 0.2) is 16.9 Å². The topological polar surface area (TPSA) is 37.0 Å². The fourth-order valence-corrected chi connectivity index (χ4v) is 2.60. The molecule has 0 radical (unpaired) electrons. The van der Waals surface area contributed by atoms with Gasteiger partial charge in [0.25, 0.3) is 0 Å². The lowest BCUT2D eigenvalue weighted by Gasteiger charge is -2.29. The molecule has 0 atom stereocenters. The third-order valence-corrected chi connectivity index (χ3v) is 3.93. The first kappa shape index (κ1) is 12.8. The Morgan fingerprint density at radius 3 is 2.59 bits per heavy atom. The summed E-state index contributed by atoms with van der Waals surface area (Å²) < 4.78 is 13.8. The molecule has 17 heavy (non-hydrogen) atoms. The van der Waals surface area contributed by atoms with Crippen molar-refractivity contribution in [3.8, 4) is 0 Å². The van der Waals surface area contributed by atoms with Crippen LogP contribution in [-0.4, -0.2) is 24.1 Å². The molecule has 0 amide bonds. The fourth-order valence-electron chi connectivity index (χ4n) is 2.27. The normalized spacial score (nSPS) is 24.6. The lowest BCUT2D eigenvalue weighted by molar-refractivity contribution is 0.371. The van der Waals surface area contributed by atoms with Gasteiger partial charge in [0, 0.05) is 18.2 Å². The van der Waals surface area contributed by atoms with Crippen molar-refractivity contribution < 1.29 is 4.39 Å². The van der Waals surface area contributed by atoms with Gasteiger partial charge in [-0.2, -0.15) is 0 Å². The van der Waals surface area contributed by atoms with E-state index in [0.29, 0.717) is 16.7 Å². The van der Waals surface area contributed by atoms with E-state index in [1.807, 2.05) is 7.05 Å². The Morgan fingerprint density at radius 1 is 1.29 bits per heavy atom. The zero-order valence-corrected chi connectivity index (χ0v) is 11.4. The lowest BCUT2D eigenvalue weighted by Crippen LogP contribution is -2.35. The summed E-state index contributed by atoms with van der Waals surface area (Å²) in [4.78, 5) is 3.94. The average Bonchev–Trinajstić information content (AvgIpc) is 2.35. The second-order valence-electron chi connectivity index (χ2n) is 4.47. The van der Waals surface area contributed by atoms with Crippen molar-refractivity contribution in [2.45, 2.75) is 37.8 Å². The molecule has 1 fully saturated rings. The second-order valence-corrected chi connectivity index (χ2v) is 5.22. The number of nitrogens with zero attached hydrogens (tertiary/aromatic N) is 1. The zero-order chi connectivity index (χ0) is 12.3. The van der Waals surface area contributed by atoms with E-state index in [9.17, 15) is 4.39 Å². The van der Waals surface area contributed by atoms with Crippen LogP contribution in [0.5, 0.6) is 0 Å². The first-order valence-corrected chi connectivity index (χ1v) is 6.73. The highest BCUT2D eigenvalue weighted by Crippen LogP contribution is 2.26. The Kier molecular flexibility index (Phi) is 4.34. The quantitative estimate of drug-likeness (QED) is 0.843. The van der Waals surface area contributed by atoms with Crippen molar-refractivity contribution in [2.24, 2.45) is 0 Å². The molecule has 94 valence electrons. The van der Waals surface area contributed by atoms with Crippen molar-refractivity contribution in [2.75, 3.05) is 12.4 Å². The van der Waals surface area contributed by atoms with Crippen LogP contribution in [-0.2, 0) is 0 Å². The molecule has 0 aliphatic heterocycles. The van der Waals surface area contributed by atoms with Crippen LogP contribution in [0, 0.1) is 5.82 Å². The van der Waals surface area contributed by atoms with Crippen molar-refractivity contribution in [1.82, 2.24) is 10.3 Å². The highest BCUT2D eigenvalue weighted by atomic mass is 79.9. The Hall–Kier alpha value is -0.680. The molecule has 0 bridgehead atoms. The monoisotopic (exact) mass is 301 g/mol. The van der Waals surface area contributed by atoms with Gasteiger partial charge in [0.15, 0.2) is 0 Å². The minimum absolute atomic E-state index is 0.306. The summed E-state index contributed by atoms with van der Waals surface area (Å²) in [6.07, 6.45) is 5.75. The van der Waals surface area contributed by atoms with Crippen LogP contribution in [0.4, 0.5) is 10.1 Å². The number of anilines is 1. The van der Waals surface area contributed by atoms with E-state index >= 15 is 0 Å². The first-order chi connectivity index (χ1) is 8.19. The van der Waals surface area contributed by atoms with E-state index in [2.05, 4.69) is 31.5 Å². The number of hydrogen-bond acceptors (Lipinski definition) is 3. The molecule has 0 aromatic carbocycles. The molecule has 1 aromatic heterocycles. The summed E-state index contributed by atoms with van der Waals surface area (Å²) in [6.45, 7) is 0. The Labute approximate surface area is 109 Å². The summed E-state index contributed by atoms with van der Waals surface area (Å²) in [5.74, 6) is -0.306. The van der Waals surface area contributed by atoms with E-state index in [1.54, 1.807) is 0 Å². The van der Waals surface area contributed by atoms with Gasteiger partial charge in [-0.25, -0.2) is 9.37 Å². The largest absolute Gasteiger partial charge is 0.380 e. The molecule has 0 unspecified atom stereocenters. The van der Waals surface area contributed by atoms with Gasteiger partial charge in [-0.3, -0.25) is 0 Å². The molecule has 0 spiro atoms. The maximum absolute atomic E-state index is 13.1. The van der Waals surface area contributed by atoms with Crippen LogP contribution in [0.1, 0.15) is 25.7 Å². The van der Waals surface area contributed by atoms with Crippen LogP contribution in [0.3, 0.4) is 0 Å². The highest BCUT2D eigenvalue weighted by molar-refractivity contribution is 9.10. The number of aromatic nitrogens is 1. The molecule has 2 rings (SSSR count). The molecule has 5 heteroatoms. The smallest absolute Gasteiger partial charge is 0.143 e. The van der Waals surface area contributed by atoms with Crippen molar-refractivity contribution in [1.29, 1.82) is 0 Å². The molecule has 1 aliphatic rings. The molecule has 3 nitrogen and oxygen atoms in total. The van der Waals surface area contributed by atoms with Gasteiger partial charge in [0.1, 0.15) is 10.4 Å². The fraction of sp³-hybridized carbons (Fsp3) is 0.583. The van der Waals surface area contributed by atoms with Crippen LogP contribution >= 0.6 is 15.9 Å². The number of nitrogens with one attached hydrogen (secondary N) is 2. The lowest BCUT2D eigenvalue weighted by atomic mass is 9.91. The van der Waals surface area contributed by atoms with E-state index in [1.165, 1.54) is 12.3 Å². The molecule has 1 saturated carbocycles. The number of pyridine rings is 1. The summed E-state index contributed by atoms with van der Waals surface area (Å²) in [5, 5.41) is 6.66. The molecular formula is C12H17BrFN3. The molecular weight excluding hydrogens is 285 g/mol. The SMILES string of the molecule is CNC1CCC(Nc2cc(F)cnc2Br)CC1. The van der Waals surface area contributed by atoms with Crippen LogP contribution in [0.2, 0.25) is 0 Å². The van der Waals surface area contributed by atoms with Crippen molar-refractivity contribution in [3.63, 3.8) is 0 Å². The summed E-state index contributed by atoms with van der Waals surface area (Å²) in [7, 11) is 2.01. The predicted molar refractivity (Wildman–Crippen MR) is 70.6 cm³/mol. The van der Waals surface area contributed by atoms with Crippen LogP contribution in [0.25, 0.3) is 0 Å². The van der Waals surface area contributed by atoms with E-state index in [-0.39, 0.29) is 5.82 Å². The Morgan fingerprint density at radius 2 is 1.94 bits per heavy atom. The summed E-state index contributed by atoms with van der Waals surface area (Å²) >= 11 is 3.33. The third-order valence-electron chi connectivity index (χ3n) is 3.30. The van der Waals surface area contributed by atoms with Crippen molar-refractivity contribution >= 4 is 21.6 Å². The van der Waals surface area contributed by atoms with Gasteiger partial charge < -0.3 is 10.6 Å². The van der Waals surface area contributed by atoms with Gasteiger partial charge in [-0.05, 0) is 48.7 Å². The minimum Gasteiger partial charge on any atom is -0.380 e. The first-order valence-electron chi connectivity index (χ1n) is 5.94. The third kappa shape index (κ3) is 3.39. The number of rotatable bonds is 3. The van der Waals surface area contributed by atoms with Crippen molar-refractivity contribution in [3.05, 3.63) is 22.7 Å². The van der Waals surface area contributed by atoms with Gasteiger partial charge >= 0.3 is 0 Å². The predicted octanol–water partition coefficient (Wildman–Crippen LogP) is 2.93. The Balaban J connectivity index is 1.95. The van der Waals surface area contributed by atoms with E-state index in [4.69, 9.17) is 0 Å². The van der Waals surface area contributed by atoms with E-state index in [0.717, 1.165) is 31.4 Å². The molecule has 2 N–H and O–H groups in total. The molecule has 1 heterocycles. The van der Waals surface area contributed by atoms with Gasteiger partial charge in [0.05, 0.1) is 11.9 Å². The second kappa shape index (κ2) is 5.78. The summed E-state index contributed by atoms with van der Waals surface area (Å²) in [5.41, 5.74) is 0.748. The number of halogens is 2. The zero-order valence-electron chi connectivity index (χ0n) is 9.84. The molecule has 1 aliphatic carbocycles.